The van der Waals surface area contributed by atoms with Crippen molar-refractivity contribution in [2.75, 3.05) is 17.2 Å². The van der Waals surface area contributed by atoms with Crippen molar-refractivity contribution in [3.8, 4) is 0 Å². The fraction of sp³-hybridized carbons (Fsp3) is 0.692. The molecule has 2 N–H and O–H groups in total. The highest BCUT2D eigenvalue weighted by atomic mass is 15.1. The van der Waals surface area contributed by atoms with E-state index in [1.165, 1.54) is 12.8 Å². The first-order chi connectivity index (χ1) is 8.08. The lowest BCUT2D eigenvalue weighted by Gasteiger charge is -2.17. The number of rotatable bonds is 5. The summed E-state index contributed by atoms with van der Waals surface area (Å²) in [7, 11) is 0. The maximum atomic E-state index is 4.60. The molecule has 4 heteroatoms. The predicted octanol–water partition coefficient (Wildman–Crippen LogP) is 2.74. The van der Waals surface area contributed by atoms with Crippen molar-refractivity contribution in [2.24, 2.45) is 0 Å². The molecule has 0 saturated heterocycles. The van der Waals surface area contributed by atoms with Crippen molar-refractivity contribution in [3.05, 3.63) is 11.4 Å². The van der Waals surface area contributed by atoms with Crippen LogP contribution in [0.15, 0.2) is 0 Å². The average molecular weight is 234 g/mol. The maximum absolute atomic E-state index is 4.60. The molecule has 1 saturated carbocycles. The summed E-state index contributed by atoms with van der Waals surface area (Å²) in [5, 5.41) is 6.85. The van der Waals surface area contributed by atoms with E-state index in [-0.39, 0.29) is 5.54 Å². The van der Waals surface area contributed by atoms with Crippen LogP contribution >= 0.6 is 0 Å². The van der Waals surface area contributed by atoms with E-state index in [9.17, 15) is 0 Å². The third-order valence-electron chi connectivity index (χ3n) is 3.27. The molecule has 1 heterocycles. The molecule has 0 spiro atoms. The van der Waals surface area contributed by atoms with Gasteiger partial charge in [-0.1, -0.05) is 6.92 Å². The second-order valence-electron chi connectivity index (χ2n) is 5.03. The van der Waals surface area contributed by atoms with Crippen molar-refractivity contribution >= 4 is 11.6 Å². The van der Waals surface area contributed by atoms with Crippen LogP contribution in [0.5, 0.6) is 0 Å². The van der Waals surface area contributed by atoms with Gasteiger partial charge in [0.1, 0.15) is 17.5 Å². The lowest BCUT2D eigenvalue weighted by Crippen LogP contribution is -2.19. The summed E-state index contributed by atoms with van der Waals surface area (Å²) in [5.41, 5.74) is 1.38. The van der Waals surface area contributed by atoms with Crippen molar-refractivity contribution in [1.82, 2.24) is 9.97 Å². The van der Waals surface area contributed by atoms with Crippen LogP contribution in [0.2, 0.25) is 0 Å². The van der Waals surface area contributed by atoms with Gasteiger partial charge in [0.2, 0.25) is 0 Å². The van der Waals surface area contributed by atoms with E-state index in [4.69, 9.17) is 0 Å². The lowest BCUT2D eigenvalue weighted by atomic mass is 10.2. The average Bonchev–Trinajstić information content (AvgIpc) is 3.02. The van der Waals surface area contributed by atoms with Gasteiger partial charge in [-0.3, -0.25) is 0 Å². The van der Waals surface area contributed by atoms with Crippen LogP contribution in [0.1, 0.15) is 45.0 Å². The fourth-order valence-corrected chi connectivity index (χ4v) is 1.78. The largest absolute Gasteiger partial charge is 0.370 e. The Balaban J connectivity index is 2.31. The van der Waals surface area contributed by atoms with Crippen molar-refractivity contribution < 1.29 is 0 Å². The quantitative estimate of drug-likeness (QED) is 0.822. The molecule has 0 bridgehead atoms. The maximum Gasteiger partial charge on any atom is 0.135 e. The number of hydrogen-bond donors (Lipinski definition) is 2. The SMILES string of the molecule is CCNc1nc(CC)nc(NC2(C)CC2)c1C. The van der Waals surface area contributed by atoms with E-state index in [0.717, 1.165) is 36.0 Å². The molecule has 1 fully saturated rings. The van der Waals surface area contributed by atoms with E-state index in [0.29, 0.717) is 0 Å². The van der Waals surface area contributed by atoms with Crippen molar-refractivity contribution in [2.45, 2.75) is 52.5 Å². The zero-order chi connectivity index (χ0) is 12.5. The molecule has 0 radical (unpaired) electrons. The predicted molar refractivity (Wildman–Crippen MR) is 71.6 cm³/mol. The van der Waals surface area contributed by atoms with Gasteiger partial charge in [-0.2, -0.15) is 0 Å². The molecule has 17 heavy (non-hydrogen) atoms. The minimum atomic E-state index is 0.258. The van der Waals surface area contributed by atoms with Crippen LogP contribution in [0.25, 0.3) is 0 Å². The van der Waals surface area contributed by atoms with Crippen LogP contribution in [0.3, 0.4) is 0 Å². The molecule has 0 atom stereocenters. The van der Waals surface area contributed by atoms with E-state index in [1.807, 2.05) is 0 Å². The van der Waals surface area contributed by atoms with Gasteiger partial charge in [-0.15, -0.1) is 0 Å². The zero-order valence-corrected chi connectivity index (χ0v) is 11.2. The number of nitrogens with zero attached hydrogens (tertiary/aromatic N) is 2. The van der Waals surface area contributed by atoms with Gasteiger partial charge in [0.15, 0.2) is 0 Å². The number of anilines is 2. The second-order valence-corrected chi connectivity index (χ2v) is 5.03. The van der Waals surface area contributed by atoms with Gasteiger partial charge in [0.05, 0.1) is 0 Å². The lowest BCUT2D eigenvalue weighted by molar-refractivity contribution is 0.808. The number of hydrogen-bond acceptors (Lipinski definition) is 4. The summed E-state index contributed by atoms with van der Waals surface area (Å²) in [6, 6.07) is 0. The Morgan fingerprint density at radius 3 is 2.35 bits per heavy atom. The monoisotopic (exact) mass is 234 g/mol. The number of nitrogens with one attached hydrogen (secondary N) is 2. The molecule has 0 aromatic carbocycles. The summed E-state index contributed by atoms with van der Waals surface area (Å²) < 4.78 is 0. The number of aromatic nitrogens is 2. The van der Waals surface area contributed by atoms with Crippen LogP contribution in [0.4, 0.5) is 11.6 Å². The molecule has 1 aliphatic rings. The number of aryl methyl sites for hydroxylation is 1. The standard InChI is InChI=1S/C13H22N4/c1-5-10-15-11(14-6-2)9(3)12(16-10)17-13(4)7-8-13/h5-8H2,1-4H3,(H2,14,15,16,17). The van der Waals surface area contributed by atoms with E-state index >= 15 is 0 Å². The smallest absolute Gasteiger partial charge is 0.135 e. The Morgan fingerprint density at radius 1 is 1.18 bits per heavy atom. The molecule has 1 aromatic heterocycles. The Labute approximate surface area is 103 Å². The molecular weight excluding hydrogens is 212 g/mol. The van der Waals surface area contributed by atoms with Crippen molar-refractivity contribution in [3.63, 3.8) is 0 Å². The third-order valence-corrected chi connectivity index (χ3v) is 3.27. The van der Waals surface area contributed by atoms with Gasteiger partial charge in [0, 0.05) is 24.1 Å². The summed E-state index contributed by atoms with van der Waals surface area (Å²) >= 11 is 0. The van der Waals surface area contributed by atoms with Crippen LogP contribution in [-0.4, -0.2) is 22.1 Å². The Kier molecular flexibility index (Phi) is 3.22. The highest BCUT2D eigenvalue weighted by Crippen LogP contribution is 2.38. The minimum Gasteiger partial charge on any atom is -0.370 e. The van der Waals surface area contributed by atoms with Crippen LogP contribution in [-0.2, 0) is 6.42 Å². The molecule has 0 unspecified atom stereocenters. The summed E-state index contributed by atoms with van der Waals surface area (Å²) in [5.74, 6) is 2.86. The van der Waals surface area contributed by atoms with Crippen LogP contribution in [0, 0.1) is 6.92 Å². The molecule has 1 aromatic rings. The Morgan fingerprint density at radius 2 is 1.82 bits per heavy atom. The highest BCUT2D eigenvalue weighted by molar-refractivity contribution is 5.58. The Hall–Kier alpha value is -1.32. The molecule has 0 aliphatic heterocycles. The van der Waals surface area contributed by atoms with Gasteiger partial charge in [-0.25, -0.2) is 9.97 Å². The molecule has 0 amide bonds. The van der Waals surface area contributed by atoms with Gasteiger partial charge >= 0.3 is 0 Å². The first-order valence-corrected chi connectivity index (χ1v) is 6.47. The first kappa shape index (κ1) is 12.1. The highest BCUT2D eigenvalue weighted by Gasteiger charge is 2.38. The van der Waals surface area contributed by atoms with Crippen LogP contribution < -0.4 is 10.6 Å². The zero-order valence-electron chi connectivity index (χ0n) is 11.2. The summed E-state index contributed by atoms with van der Waals surface area (Å²) in [6.07, 6.45) is 3.33. The summed E-state index contributed by atoms with van der Waals surface area (Å²) in [6.45, 7) is 9.38. The van der Waals surface area contributed by atoms with Gasteiger partial charge in [-0.05, 0) is 33.6 Å². The molecule has 94 valence electrons. The molecular formula is C13H22N4. The van der Waals surface area contributed by atoms with Gasteiger partial charge < -0.3 is 10.6 Å². The normalized spacial score (nSPS) is 16.7. The second kappa shape index (κ2) is 4.51. The molecule has 4 nitrogen and oxygen atoms in total. The van der Waals surface area contributed by atoms with Gasteiger partial charge in [0.25, 0.3) is 0 Å². The van der Waals surface area contributed by atoms with E-state index in [2.05, 4.69) is 48.3 Å². The minimum absolute atomic E-state index is 0.258. The first-order valence-electron chi connectivity index (χ1n) is 6.47. The summed E-state index contributed by atoms with van der Waals surface area (Å²) in [4.78, 5) is 9.13. The molecule has 2 rings (SSSR count). The Bertz CT molecular complexity index is 410. The fourth-order valence-electron chi connectivity index (χ4n) is 1.78. The van der Waals surface area contributed by atoms with E-state index < -0.39 is 0 Å². The topological polar surface area (TPSA) is 49.8 Å². The van der Waals surface area contributed by atoms with E-state index in [1.54, 1.807) is 0 Å². The van der Waals surface area contributed by atoms with Crippen molar-refractivity contribution in [1.29, 1.82) is 0 Å². The molecule has 1 aliphatic carbocycles. The third kappa shape index (κ3) is 2.68.